The van der Waals surface area contributed by atoms with E-state index in [9.17, 15) is 14.4 Å². The van der Waals surface area contributed by atoms with E-state index in [1.165, 1.54) is 31.7 Å². The lowest BCUT2D eigenvalue weighted by Gasteiger charge is -2.06. The smallest absolute Gasteiger partial charge is 0.331 e. The zero-order chi connectivity index (χ0) is 17.0. The molecule has 0 bridgehead atoms. The minimum Gasteiger partial charge on any atom is -0.452 e. The number of esters is 1. The summed E-state index contributed by atoms with van der Waals surface area (Å²) in [5.74, 6) is -1.31. The van der Waals surface area contributed by atoms with Gasteiger partial charge in [0.2, 0.25) is 0 Å². The summed E-state index contributed by atoms with van der Waals surface area (Å²) in [6.07, 6.45) is 5.36. The number of carbonyl (C=O) groups is 3. The minimum atomic E-state index is -0.682. The predicted octanol–water partition coefficient (Wildman–Crippen LogP) is 1.45. The van der Waals surface area contributed by atoms with Gasteiger partial charge in [0.25, 0.3) is 5.91 Å². The number of hydrogen-bond donors (Lipinski definition) is 2. The lowest BCUT2D eigenvalue weighted by Crippen LogP contribution is -2.39. The standard InChI is InChI=1S/C16H21N3O4/c1-10-8-12(11(2)19(10)13-5-6-13)4-7-15(21)23-9-14(20)18-16(22)17-3/h4,7-8,13H,5-6,9H2,1-3H3,(H2,17,18,20,22)/b7-4+. The van der Waals surface area contributed by atoms with Gasteiger partial charge in [-0.2, -0.15) is 0 Å². The maximum atomic E-state index is 11.6. The third kappa shape index (κ3) is 4.45. The van der Waals surface area contributed by atoms with Crippen LogP contribution in [0.5, 0.6) is 0 Å². The summed E-state index contributed by atoms with van der Waals surface area (Å²) < 4.78 is 7.06. The molecule has 0 spiro atoms. The summed E-state index contributed by atoms with van der Waals surface area (Å²) in [4.78, 5) is 33.8. The summed E-state index contributed by atoms with van der Waals surface area (Å²) in [6.45, 7) is 3.56. The molecule has 1 aromatic rings. The van der Waals surface area contributed by atoms with Crippen LogP contribution in [-0.2, 0) is 14.3 Å². The van der Waals surface area contributed by atoms with Crippen molar-refractivity contribution in [1.29, 1.82) is 0 Å². The minimum absolute atomic E-state index is 0.502. The fourth-order valence-corrected chi connectivity index (χ4v) is 2.43. The van der Waals surface area contributed by atoms with Gasteiger partial charge in [-0.1, -0.05) is 0 Å². The zero-order valence-corrected chi connectivity index (χ0v) is 13.5. The molecule has 23 heavy (non-hydrogen) atoms. The monoisotopic (exact) mass is 319 g/mol. The molecule has 0 saturated heterocycles. The average molecular weight is 319 g/mol. The third-order valence-electron chi connectivity index (χ3n) is 3.66. The van der Waals surface area contributed by atoms with E-state index in [4.69, 9.17) is 4.74 Å². The highest BCUT2D eigenvalue weighted by atomic mass is 16.5. The van der Waals surface area contributed by atoms with Crippen LogP contribution in [0.15, 0.2) is 12.1 Å². The average Bonchev–Trinajstić information content (AvgIpc) is 3.29. The van der Waals surface area contributed by atoms with Crippen LogP contribution in [0, 0.1) is 13.8 Å². The van der Waals surface area contributed by atoms with Crippen LogP contribution in [0.4, 0.5) is 4.79 Å². The highest BCUT2D eigenvalue weighted by molar-refractivity contribution is 5.96. The van der Waals surface area contributed by atoms with E-state index in [1.807, 2.05) is 25.2 Å². The second kappa shape index (κ2) is 7.13. The fraction of sp³-hybridized carbons (Fsp3) is 0.438. The molecule has 0 aromatic carbocycles. The lowest BCUT2D eigenvalue weighted by molar-refractivity contribution is -0.143. The molecule has 124 valence electrons. The number of aryl methyl sites for hydroxylation is 1. The van der Waals surface area contributed by atoms with E-state index < -0.39 is 24.5 Å². The number of nitrogens with one attached hydrogen (secondary N) is 2. The Morgan fingerprint density at radius 2 is 2.04 bits per heavy atom. The molecular weight excluding hydrogens is 298 g/mol. The highest BCUT2D eigenvalue weighted by Gasteiger charge is 2.26. The van der Waals surface area contributed by atoms with Crippen molar-refractivity contribution in [3.05, 3.63) is 29.1 Å². The van der Waals surface area contributed by atoms with Crippen molar-refractivity contribution in [2.75, 3.05) is 13.7 Å². The molecular formula is C16H21N3O4. The number of aromatic nitrogens is 1. The van der Waals surface area contributed by atoms with Crippen molar-refractivity contribution in [3.8, 4) is 0 Å². The molecule has 1 aliphatic rings. The molecule has 1 fully saturated rings. The number of imide groups is 1. The molecule has 2 N–H and O–H groups in total. The molecule has 1 aliphatic carbocycles. The second-order valence-corrected chi connectivity index (χ2v) is 5.50. The van der Waals surface area contributed by atoms with Gasteiger partial charge >= 0.3 is 12.0 Å². The Labute approximate surface area is 134 Å². The van der Waals surface area contributed by atoms with Gasteiger partial charge in [-0.25, -0.2) is 9.59 Å². The quantitative estimate of drug-likeness (QED) is 0.635. The second-order valence-electron chi connectivity index (χ2n) is 5.50. The summed E-state index contributed by atoms with van der Waals surface area (Å²) in [5.41, 5.74) is 3.25. The molecule has 0 atom stereocenters. The van der Waals surface area contributed by atoms with Crippen LogP contribution < -0.4 is 10.6 Å². The van der Waals surface area contributed by atoms with Gasteiger partial charge in [0.1, 0.15) is 0 Å². The maximum absolute atomic E-state index is 11.6. The first-order valence-electron chi connectivity index (χ1n) is 7.47. The Morgan fingerprint density at radius 3 is 2.65 bits per heavy atom. The largest absolute Gasteiger partial charge is 0.452 e. The van der Waals surface area contributed by atoms with E-state index in [1.54, 1.807) is 6.08 Å². The summed E-state index contributed by atoms with van der Waals surface area (Å²) in [7, 11) is 1.38. The SMILES string of the molecule is CNC(=O)NC(=O)COC(=O)/C=C/c1cc(C)n(C2CC2)c1C. The van der Waals surface area contributed by atoms with Crippen molar-refractivity contribution in [2.45, 2.75) is 32.7 Å². The van der Waals surface area contributed by atoms with Crippen LogP contribution in [-0.4, -0.2) is 36.1 Å². The molecule has 1 saturated carbocycles. The fourth-order valence-electron chi connectivity index (χ4n) is 2.43. The van der Waals surface area contributed by atoms with Crippen LogP contribution >= 0.6 is 0 Å². The summed E-state index contributed by atoms with van der Waals surface area (Å²) in [5, 5.41) is 4.23. The molecule has 0 aliphatic heterocycles. The number of ether oxygens (including phenoxy) is 1. The number of rotatable bonds is 5. The Hall–Kier alpha value is -2.57. The molecule has 2 rings (SSSR count). The molecule has 0 radical (unpaired) electrons. The van der Waals surface area contributed by atoms with Crippen molar-refractivity contribution in [3.63, 3.8) is 0 Å². The highest BCUT2D eigenvalue weighted by Crippen LogP contribution is 2.38. The first kappa shape index (κ1) is 16.8. The van der Waals surface area contributed by atoms with E-state index in [0.29, 0.717) is 6.04 Å². The van der Waals surface area contributed by atoms with Gasteiger partial charge in [-0.15, -0.1) is 0 Å². The Morgan fingerprint density at radius 1 is 1.35 bits per heavy atom. The van der Waals surface area contributed by atoms with Gasteiger partial charge in [0.15, 0.2) is 6.61 Å². The number of urea groups is 1. The Balaban J connectivity index is 1.88. The third-order valence-corrected chi connectivity index (χ3v) is 3.66. The van der Waals surface area contributed by atoms with E-state index in [0.717, 1.165) is 11.3 Å². The molecule has 0 unspecified atom stereocenters. The first-order chi connectivity index (χ1) is 10.9. The van der Waals surface area contributed by atoms with Crippen molar-refractivity contribution >= 4 is 24.0 Å². The number of amides is 3. The van der Waals surface area contributed by atoms with Crippen LogP contribution in [0.25, 0.3) is 6.08 Å². The van der Waals surface area contributed by atoms with Crippen molar-refractivity contribution in [2.24, 2.45) is 0 Å². The van der Waals surface area contributed by atoms with Gasteiger partial charge in [0, 0.05) is 30.6 Å². The van der Waals surface area contributed by atoms with Crippen molar-refractivity contribution < 1.29 is 19.1 Å². The molecule has 1 heterocycles. The van der Waals surface area contributed by atoms with Gasteiger partial charge in [-0.3, -0.25) is 10.1 Å². The normalized spacial score (nSPS) is 13.9. The van der Waals surface area contributed by atoms with E-state index in [-0.39, 0.29) is 0 Å². The van der Waals surface area contributed by atoms with Crippen LogP contribution in [0.1, 0.15) is 35.8 Å². The lowest BCUT2D eigenvalue weighted by atomic mass is 10.2. The number of nitrogens with zero attached hydrogens (tertiary/aromatic N) is 1. The molecule has 7 heteroatoms. The van der Waals surface area contributed by atoms with Gasteiger partial charge in [0.05, 0.1) is 0 Å². The topological polar surface area (TPSA) is 89.4 Å². The van der Waals surface area contributed by atoms with Crippen LogP contribution in [0.2, 0.25) is 0 Å². The molecule has 1 aromatic heterocycles. The Bertz CT molecular complexity index is 657. The van der Waals surface area contributed by atoms with Crippen LogP contribution in [0.3, 0.4) is 0 Å². The predicted molar refractivity (Wildman–Crippen MR) is 84.8 cm³/mol. The van der Waals surface area contributed by atoms with Gasteiger partial charge in [-0.05, 0) is 44.4 Å². The van der Waals surface area contributed by atoms with Crippen molar-refractivity contribution in [1.82, 2.24) is 15.2 Å². The molecule has 3 amide bonds. The number of carbonyl (C=O) groups excluding carboxylic acids is 3. The van der Waals surface area contributed by atoms with E-state index >= 15 is 0 Å². The Kier molecular flexibility index (Phi) is 5.20. The summed E-state index contributed by atoms with van der Waals surface area (Å²) >= 11 is 0. The first-order valence-corrected chi connectivity index (χ1v) is 7.47. The maximum Gasteiger partial charge on any atom is 0.331 e. The summed E-state index contributed by atoms with van der Waals surface area (Å²) in [6, 6.07) is 1.96. The molecule has 7 nitrogen and oxygen atoms in total. The van der Waals surface area contributed by atoms with Gasteiger partial charge < -0.3 is 14.6 Å². The number of hydrogen-bond acceptors (Lipinski definition) is 4. The van der Waals surface area contributed by atoms with E-state index in [2.05, 4.69) is 9.88 Å². The zero-order valence-electron chi connectivity index (χ0n) is 13.5.